The first-order valence-electron chi connectivity index (χ1n) is 5.75. The van der Waals surface area contributed by atoms with Crippen LogP contribution in [-0.2, 0) is 11.2 Å². The van der Waals surface area contributed by atoms with Gasteiger partial charge in [-0.2, -0.15) is 0 Å². The summed E-state index contributed by atoms with van der Waals surface area (Å²) in [4.78, 5) is 15.2. The van der Waals surface area contributed by atoms with E-state index in [9.17, 15) is 4.79 Å². The van der Waals surface area contributed by atoms with Gasteiger partial charge in [0.1, 0.15) is 0 Å². The van der Waals surface area contributed by atoms with E-state index in [4.69, 9.17) is 0 Å². The number of pyridine rings is 1. The SMILES string of the molecule is CC(=O)NCCc1ccc2cc(C)cnc2c1. The molecule has 3 nitrogen and oxygen atoms in total. The Morgan fingerprint density at radius 2 is 2.18 bits per heavy atom. The Morgan fingerprint density at radius 3 is 2.94 bits per heavy atom. The number of carbonyl (C=O) groups excluding carboxylic acids is 1. The number of hydrogen-bond acceptors (Lipinski definition) is 2. The molecule has 3 heteroatoms. The van der Waals surface area contributed by atoms with Gasteiger partial charge in [0.25, 0.3) is 0 Å². The van der Waals surface area contributed by atoms with E-state index in [0.29, 0.717) is 6.54 Å². The van der Waals surface area contributed by atoms with Crippen molar-refractivity contribution >= 4 is 16.8 Å². The molecular weight excluding hydrogens is 212 g/mol. The first-order chi connectivity index (χ1) is 8.15. The van der Waals surface area contributed by atoms with E-state index in [1.807, 2.05) is 13.1 Å². The number of carbonyl (C=O) groups is 1. The van der Waals surface area contributed by atoms with E-state index in [1.165, 1.54) is 18.1 Å². The van der Waals surface area contributed by atoms with Crippen LogP contribution in [0, 0.1) is 6.92 Å². The van der Waals surface area contributed by atoms with Crippen LogP contribution in [0.3, 0.4) is 0 Å². The van der Waals surface area contributed by atoms with Crippen LogP contribution in [0.4, 0.5) is 0 Å². The normalized spacial score (nSPS) is 10.5. The summed E-state index contributed by atoms with van der Waals surface area (Å²) < 4.78 is 0. The van der Waals surface area contributed by atoms with Crippen molar-refractivity contribution in [1.82, 2.24) is 10.3 Å². The molecule has 0 saturated carbocycles. The monoisotopic (exact) mass is 228 g/mol. The highest BCUT2D eigenvalue weighted by atomic mass is 16.1. The molecule has 1 N–H and O–H groups in total. The number of amides is 1. The lowest BCUT2D eigenvalue weighted by molar-refractivity contribution is -0.118. The van der Waals surface area contributed by atoms with Gasteiger partial charge in [0, 0.05) is 25.1 Å². The lowest BCUT2D eigenvalue weighted by Crippen LogP contribution is -2.22. The van der Waals surface area contributed by atoms with Crippen molar-refractivity contribution in [3.8, 4) is 0 Å². The number of benzene rings is 1. The van der Waals surface area contributed by atoms with E-state index < -0.39 is 0 Å². The molecular formula is C14H16N2O. The standard InChI is InChI=1S/C14H16N2O/c1-10-7-13-4-3-12(5-6-15-11(2)17)8-14(13)16-9-10/h3-4,7-9H,5-6H2,1-2H3,(H,15,17). The summed E-state index contributed by atoms with van der Waals surface area (Å²) in [6, 6.07) is 8.38. The minimum absolute atomic E-state index is 0.0135. The number of aryl methyl sites for hydroxylation is 1. The largest absolute Gasteiger partial charge is 0.356 e. The maximum Gasteiger partial charge on any atom is 0.216 e. The third-order valence-corrected chi connectivity index (χ3v) is 2.67. The zero-order valence-corrected chi connectivity index (χ0v) is 10.2. The van der Waals surface area contributed by atoms with Gasteiger partial charge < -0.3 is 5.32 Å². The van der Waals surface area contributed by atoms with Crippen molar-refractivity contribution in [3.63, 3.8) is 0 Å². The van der Waals surface area contributed by atoms with Gasteiger partial charge in [0.15, 0.2) is 0 Å². The topological polar surface area (TPSA) is 42.0 Å². The second-order valence-electron chi connectivity index (χ2n) is 4.27. The van der Waals surface area contributed by atoms with Gasteiger partial charge >= 0.3 is 0 Å². The van der Waals surface area contributed by atoms with Crippen molar-refractivity contribution < 1.29 is 4.79 Å². The average molecular weight is 228 g/mol. The zero-order valence-electron chi connectivity index (χ0n) is 10.2. The van der Waals surface area contributed by atoms with Crippen LogP contribution in [0.2, 0.25) is 0 Å². The van der Waals surface area contributed by atoms with Crippen LogP contribution in [0.5, 0.6) is 0 Å². The first kappa shape index (κ1) is 11.6. The molecule has 0 bridgehead atoms. The highest BCUT2D eigenvalue weighted by Crippen LogP contribution is 2.15. The lowest BCUT2D eigenvalue weighted by atomic mass is 10.1. The van der Waals surface area contributed by atoms with Crippen LogP contribution < -0.4 is 5.32 Å². The predicted molar refractivity (Wildman–Crippen MR) is 68.9 cm³/mol. The number of nitrogens with one attached hydrogen (secondary N) is 1. The molecule has 88 valence electrons. The highest BCUT2D eigenvalue weighted by Gasteiger charge is 1.99. The van der Waals surface area contributed by atoms with Crippen LogP contribution in [0.1, 0.15) is 18.1 Å². The summed E-state index contributed by atoms with van der Waals surface area (Å²) in [5.74, 6) is 0.0135. The van der Waals surface area contributed by atoms with Gasteiger partial charge in [-0.05, 0) is 36.6 Å². The lowest BCUT2D eigenvalue weighted by Gasteiger charge is -2.04. The van der Waals surface area contributed by atoms with Crippen LogP contribution >= 0.6 is 0 Å². The summed E-state index contributed by atoms with van der Waals surface area (Å²) in [6.07, 6.45) is 2.71. The summed E-state index contributed by atoms with van der Waals surface area (Å²) in [6.45, 7) is 4.24. The molecule has 0 aliphatic rings. The number of hydrogen-bond donors (Lipinski definition) is 1. The molecule has 0 unspecified atom stereocenters. The van der Waals surface area contributed by atoms with Gasteiger partial charge in [-0.25, -0.2) is 0 Å². The van der Waals surface area contributed by atoms with Crippen molar-refractivity contribution in [2.24, 2.45) is 0 Å². The smallest absolute Gasteiger partial charge is 0.216 e. The maximum absolute atomic E-state index is 10.8. The fourth-order valence-electron chi connectivity index (χ4n) is 1.82. The van der Waals surface area contributed by atoms with Crippen molar-refractivity contribution in [2.75, 3.05) is 6.54 Å². The Labute approximate surface area is 101 Å². The van der Waals surface area contributed by atoms with Crippen LogP contribution in [0.25, 0.3) is 10.9 Å². The molecule has 1 aromatic heterocycles. The second kappa shape index (κ2) is 4.95. The summed E-state index contributed by atoms with van der Waals surface area (Å²) in [5, 5.41) is 3.95. The molecule has 1 amide bonds. The molecule has 0 aliphatic heterocycles. The van der Waals surface area contributed by atoms with E-state index >= 15 is 0 Å². The summed E-state index contributed by atoms with van der Waals surface area (Å²) in [5.41, 5.74) is 3.38. The molecule has 17 heavy (non-hydrogen) atoms. The van der Waals surface area contributed by atoms with Crippen molar-refractivity contribution in [3.05, 3.63) is 41.6 Å². The van der Waals surface area contributed by atoms with Gasteiger partial charge in [0.05, 0.1) is 5.52 Å². The van der Waals surface area contributed by atoms with Gasteiger partial charge in [0.2, 0.25) is 5.91 Å². The van der Waals surface area contributed by atoms with Crippen molar-refractivity contribution in [1.29, 1.82) is 0 Å². The van der Waals surface area contributed by atoms with E-state index in [2.05, 4.69) is 34.6 Å². The molecule has 0 atom stereocenters. The number of nitrogens with zero attached hydrogens (tertiary/aromatic N) is 1. The Bertz CT molecular complexity index is 549. The van der Waals surface area contributed by atoms with Crippen LogP contribution in [0.15, 0.2) is 30.5 Å². The number of rotatable bonds is 3. The molecule has 0 radical (unpaired) electrons. The third kappa shape index (κ3) is 3.03. The van der Waals surface area contributed by atoms with Gasteiger partial charge in [-0.3, -0.25) is 9.78 Å². The third-order valence-electron chi connectivity index (χ3n) is 2.67. The molecule has 1 heterocycles. The molecule has 0 aliphatic carbocycles. The molecule has 2 aromatic rings. The van der Waals surface area contributed by atoms with Crippen LogP contribution in [-0.4, -0.2) is 17.4 Å². The zero-order chi connectivity index (χ0) is 12.3. The Balaban J connectivity index is 2.14. The Morgan fingerprint density at radius 1 is 1.35 bits per heavy atom. The number of aromatic nitrogens is 1. The fraction of sp³-hybridized carbons (Fsp3) is 0.286. The van der Waals surface area contributed by atoms with E-state index in [0.717, 1.165) is 17.3 Å². The Kier molecular flexibility index (Phi) is 3.38. The molecule has 0 spiro atoms. The van der Waals surface area contributed by atoms with Crippen molar-refractivity contribution in [2.45, 2.75) is 20.3 Å². The van der Waals surface area contributed by atoms with E-state index in [1.54, 1.807) is 0 Å². The highest BCUT2D eigenvalue weighted by molar-refractivity contribution is 5.79. The molecule has 0 saturated heterocycles. The second-order valence-corrected chi connectivity index (χ2v) is 4.27. The quantitative estimate of drug-likeness (QED) is 0.875. The first-order valence-corrected chi connectivity index (χ1v) is 5.75. The molecule has 0 fully saturated rings. The van der Waals surface area contributed by atoms with Gasteiger partial charge in [-0.15, -0.1) is 0 Å². The Hall–Kier alpha value is -1.90. The molecule has 1 aromatic carbocycles. The maximum atomic E-state index is 10.8. The van der Waals surface area contributed by atoms with Gasteiger partial charge in [-0.1, -0.05) is 12.1 Å². The predicted octanol–water partition coefficient (Wildman–Crippen LogP) is 2.22. The average Bonchev–Trinajstić information content (AvgIpc) is 2.29. The minimum atomic E-state index is 0.0135. The van der Waals surface area contributed by atoms with E-state index in [-0.39, 0.29) is 5.91 Å². The summed E-state index contributed by atoms with van der Waals surface area (Å²) in [7, 11) is 0. The fourth-order valence-corrected chi connectivity index (χ4v) is 1.82. The minimum Gasteiger partial charge on any atom is -0.356 e. The molecule has 2 rings (SSSR count). The number of fused-ring (bicyclic) bond motifs is 1. The summed E-state index contributed by atoms with van der Waals surface area (Å²) >= 11 is 0.